The number of halogens is 1. The maximum atomic E-state index is 16.4. The molecule has 3 aromatic carbocycles. The summed E-state index contributed by atoms with van der Waals surface area (Å²) in [7, 11) is -2.76. The van der Waals surface area contributed by atoms with Gasteiger partial charge >= 0.3 is 16.2 Å². The lowest BCUT2D eigenvalue weighted by atomic mass is 9.90. The van der Waals surface area contributed by atoms with Crippen LogP contribution in [0.15, 0.2) is 67.3 Å². The minimum atomic E-state index is -4.36. The number of hydrazine groups is 1. The van der Waals surface area contributed by atoms with Crippen LogP contribution in [0.5, 0.6) is 11.5 Å². The van der Waals surface area contributed by atoms with E-state index >= 15 is 4.39 Å². The highest BCUT2D eigenvalue weighted by atomic mass is 32.2. The smallest absolute Gasteiger partial charge is 0.335 e. The van der Waals surface area contributed by atoms with Crippen molar-refractivity contribution in [1.29, 1.82) is 0 Å². The summed E-state index contributed by atoms with van der Waals surface area (Å²) in [6.45, 7) is 9.29. The van der Waals surface area contributed by atoms with Crippen molar-refractivity contribution in [1.82, 2.24) is 25.4 Å². The summed E-state index contributed by atoms with van der Waals surface area (Å²) in [5, 5.41) is 4.04. The van der Waals surface area contributed by atoms with Crippen molar-refractivity contribution < 1.29 is 41.5 Å². The predicted molar refractivity (Wildman–Crippen MR) is 192 cm³/mol. The maximum absolute atomic E-state index is 16.4. The molecule has 0 aliphatic carbocycles. The molecule has 278 valence electrons. The third kappa shape index (κ3) is 8.62. The first kappa shape index (κ1) is 38.0. The summed E-state index contributed by atoms with van der Waals surface area (Å²) >= 11 is 0. The number of rotatable bonds is 14. The molecule has 2 aliphatic rings. The standard InChI is InChI=1S/C36H43FN6O8S/c1-6-23(2)41(5)35(47)43(28-14-15-30(44)39-34(28)46)38-22-36(3,4)16-17-50-26-13-12-25-18-29(51-21-24-10-8-7-9-11-24)33(32(37)27(25)19-26)42-20-31(45)40-52(42,48)49/h6-13,18-19,23,28,38H,1,14-17,20-22H2,2-5H3,(H,40,45)(H,39,44,46). The van der Waals surface area contributed by atoms with Crippen molar-refractivity contribution in [2.24, 2.45) is 5.41 Å². The van der Waals surface area contributed by atoms with E-state index in [0.717, 1.165) is 5.56 Å². The number of hydrogen-bond acceptors (Lipinski definition) is 9. The Hall–Kier alpha value is -5.22. The Labute approximate surface area is 302 Å². The van der Waals surface area contributed by atoms with Gasteiger partial charge in [-0.1, -0.05) is 56.3 Å². The van der Waals surface area contributed by atoms with E-state index in [1.54, 1.807) is 32.2 Å². The SMILES string of the molecule is C=CC(C)N(C)C(=O)N(NCC(C)(C)CCOc1ccc2cc(OCc3ccccc3)c(N3CC(=O)NS3(=O)=O)c(F)c2c1)C1CCC(=O)NC1=O. The van der Waals surface area contributed by atoms with Gasteiger partial charge in [0.15, 0.2) is 5.82 Å². The minimum Gasteiger partial charge on any atom is -0.494 e. The topological polar surface area (TPSA) is 167 Å². The summed E-state index contributed by atoms with van der Waals surface area (Å²) in [4.78, 5) is 51.5. The van der Waals surface area contributed by atoms with Gasteiger partial charge in [-0.3, -0.25) is 19.7 Å². The molecule has 0 spiro atoms. The van der Waals surface area contributed by atoms with Crippen LogP contribution in [0.2, 0.25) is 0 Å². The van der Waals surface area contributed by atoms with E-state index in [1.807, 2.05) is 48.9 Å². The first-order valence-electron chi connectivity index (χ1n) is 16.7. The molecule has 2 saturated heterocycles. The van der Waals surface area contributed by atoms with Gasteiger partial charge in [-0.2, -0.15) is 8.42 Å². The molecule has 0 aromatic heterocycles. The summed E-state index contributed by atoms with van der Waals surface area (Å²) in [6, 6.07) is 13.7. The molecule has 5 amide bonds. The number of carbonyl (C=O) groups is 4. The van der Waals surface area contributed by atoms with Crippen molar-refractivity contribution in [3.05, 3.63) is 78.6 Å². The Bertz CT molecular complexity index is 1980. The fourth-order valence-electron chi connectivity index (χ4n) is 5.68. The lowest BCUT2D eigenvalue weighted by Crippen LogP contribution is -2.62. The zero-order valence-electron chi connectivity index (χ0n) is 29.5. The second kappa shape index (κ2) is 15.6. The number of piperidine rings is 1. The molecule has 3 N–H and O–H groups in total. The highest BCUT2D eigenvalue weighted by Crippen LogP contribution is 2.40. The van der Waals surface area contributed by atoms with Gasteiger partial charge in [0.25, 0.3) is 11.8 Å². The fourth-order valence-corrected chi connectivity index (χ4v) is 6.84. The van der Waals surface area contributed by atoms with Gasteiger partial charge in [0.05, 0.1) is 6.61 Å². The van der Waals surface area contributed by atoms with Crippen LogP contribution in [0, 0.1) is 11.2 Å². The van der Waals surface area contributed by atoms with Crippen LogP contribution in [-0.4, -0.2) is 80.9 Å². The largest absolute Gasteiger partial charge is 0.494 e. The van der Waals surface area contributed by atoms with Gasteiger partial charge in [-0.05, 0) is 54.3 Å². The predicted octanol–water partition coefficient (Wildman–Crippen LogP) is 3.77. The van der Waals surface area contributed by atoms with E-state index in [1.165, 1.54) is 22.0 Å². The van der Waals surface area contributed by atoms with Crippen molar-refractivity contribution in [3.63, 3.8) is 0 Å². The van der Waals surface area contributed by atoms with E-state index < -0.39 is 63.5 Å². The van der Waals surface area contributed by atoms with E-state index in [0.29, 0.717) is 21.9 Å². The Kier molecular flexibility index (Phi) is 11.4. The number of benzene rings is 3. The number of urea groups is 1. The second-order valence-electron chi connectivity index (χ2n) is 13.5. The number of hydrogen-bond donors (Lipinski definition) is 3. The molecule has 0 bridgehead atoms. The van der Waals surface area contributed by atoms with Gasteiger partial charge in [0, 0.05) is 31.4 Å². The molecule has 2 heterocycles. The van der Waals surface area contributed by atoms with Gasteiger partial charge in [-0.25, -0.2) is 28.6 Å². The molecule has 0 saturated carbocycles. The van der Waals surface area contributed by atoms with E-state index in [-0.39, 0.29) is 49.8 Å². The molecule has 2 unspecified atom stereocenters. The molecule has 3 aromatic rings. The molecule has 14 nitrogen and oxygen atoms in total. The third-order valence-electron chi connectivity index (χ3n) is 9.05. The molecule has 2 aliphatic heterocycles. The van der Waals surface area contributed by atoms with Crippen LogP contribution in [0.1, 0.15) is 45.6 Å². The van der Waals surface area contributed by atoms with Crippen molar-refractivity contribution in [2.45, 2.75) is 58.7 Å². The summed E-state index contributed by atoms with van der Waals surface area (Å²) in [6.07, 6.45) is 2.33. The van der Waals surface area contributed by atoms with Gasteiger partial charge in [0.1, 0.15) is 36.4 Å². The van der Waals surface area contributed by atoms with E-state index in [4.69, 9.17) is 9.47 Å². The van der Waals surface area contributed by atoms with Crippen molar-refractivity contribution >= 4 is 50.4 Å². The number of ether oxygens (including phenoxy) is 2. The van der Waals surface area contributed by atoms with Crippen LogP contribution in [0.3, 0.4) is 0 Å². The van der Waals surface area contributed by atoms with Gasteiger partial charge in [-0.15, -0.1) is 6.58 Å². The average Bonchev–Trinajstić information content (AvgIpc) is 3.38. The lowest BCUT2D eigenvalue weighted by molar-refractivity contribution is -0.138. The summed E-state index contributed by atoms with van der Waals surface area (Å²) in [5.41, 5.74) is 3.02. The lowest BCUT2D eigenvalue weighted by Gasteiger charge is -2.38. The summed E-state index contributed by atoms with van der Waals surface area (Å²) < 4.78 is 56.4. The van der Waals surface area contributed by atoms with Crippen LogP contribution in [0.4, 0.5) is 14.9 Å². The Balaban J connectivity index is 1.31. The van der Waals surface area contributed by atoms with Crippen molar-refractivity contribution in [3.8, 4) is 11.5 Å². The zero-order chi connectivity index (χ0) is 37.8. The fraction of sp³-hybridized carbons (Fsp3) is 0.389. The first-order valence-corrected chi connectivity index (χ1v) is 18.2. The number of imide groups is 1. The Morgan fingerprint density at radius 2 is 1.87 bits per heavy atom. The number of likely N-dealkylation sites (N-methyl/N-ethyl adjacent to an activating group) is 1. The number of nitrogens with one attached hydrogen (secondary N) is 3. The first-order chi connectivity index (χ1) is 24.6. The third-order valence-corrected chi connectivity index (χ3v) is 10.4. The second-order valence-corrected chi connectivity index (χ2v) is 15.1. The quantitative estimate of drug-likeness (QED) is 0.127. The van der Waals surface area contributed by atoms with Crippen LogP contribution in [0.25, 0.3) is 10.8 Å². The van der Waals surface area contributed by atoms with E-state index in [9.17, 15) is 27.6 Å². The normalized spacial score (nSPS) is 17.7. The average molecular weight is 739 g/mol. The zero-order valence-corrected chi connectivity index (χ0v) is 30.3. The molecule has 5 rings (SSSR count). The number of carbonyl (C=O) groups excluding carboxylic acids is 4. The van der Waals surface area contributed by atoms with Crippen LogP contribution in [-0.2, 0) is 31.2 Å². The number of fused-ring (bicyclic) bond motifs is 1. The molecule has 16 heteroatoms. The molecular formula is C36H43FN6O8S. The maximum Gasteiger partial charge on any atom is 0.335 e. The van der Waals surface area contributed by atoms with Crippen LogP contribution >= 0.6 is 0 Å². The number of nitrogens with zero attached hydrogens (tertiary/aromatic N) is 3. The minimum absolute atomic E-state index is 0.0317. The highest BCUT2D eigenvalue weighted by molar-refractivity contribution is 7.92. The van der Waals surface area contributed by atoms with Gasteiger partial charge < -0.3 is 14.4 Å². The van der Waals surface area contributed by atoms with Crippen LogP contribution < -0.4 is 29.2 Å². The number of anilines is 1. The summed E-state index contributed by atoms with van der Waals surface area (Å²) in [5.74, 6) is -2.39. The monoisotopic (exact) mass is 738 g/mol. The van der Waals surface area contributed by atoms with E-state index in [2.05, 4.69) is 17.3 Å². The Morgan fingerprint density at radius 3 is 2.52 bits per heavy atom. The highest BCUT2D eigenvalue weighted by Gasteiger charge is 2.39. The molecule has 52 heavy (non-hydrogen) atoms. The molecule has 2 atom stereocenters. The van der Waals surface area contributed by atoms with Crippen molar-refractivity contribution in [2.75, 3.05) is 31.0 Å². The number of amides is 5. The Morgan fingerprint density at radius 1 is 1.13 bits per heavy atom. The molecule has 2 fully saturated rings. The van der Waals surface area contributed by atoms with Gasteiger partial charge in [0.2, 0.25) is 5.91 Å². The molecular weight excluding hydrogens is 695 g/mol. The molecule has 0 radical (unpaired) electrons.